The SMILES string of the molecule is CCNC(=O)CNc1ncnc(NCC)c1Br. The number of carbonyl (C=O) groups excluding carboxylic acids is 1. The summed E-state index contributed by atoms with van der Waals surface area (Å²) in [6.07, 6.45) is 1.45. The third-order valence-electron chi connectivity index (χ3n) is 1.92. The maximum atomic E-state index is 11.3. The summed E-state index contributed by atoms with van der Waals surface area (Å²) in [6, 6.07) is 0. The maximum absolute atomic E-state index is 11.3. The van der Waals surface area contributed by atoms with Gasteiger partial charge in [-0.3, -0.25) is 4.79 Å². The topological polar surface area (TPSA) is 78.9 Å². The average molecular weight is 302 g/mol. The summed E-state index contributed by atoms with van der Waals surface area (Å²) in [4.78, 5) is 19.4. The highest BCUT2D eigenvalue weighted by Crippen LogP contribution is 2.25. The average Bonchev–Trinajstić information content (AvgIpc) is 2.31. The number of nitrogens with one attached hydrogen (secondary N) is 3. The number of carbonyl (C=O) groups is 1. The first-order valence-electron chi connectivity index (χ1n) is 5.44. The van der Waals surface area contributed by atoms with Gasteiger partial charge >= 0.3 is 0 Å². The van der Waals surface area contributed by atoms with Crippen LogP contribution in [0, 0.1) is 0 Å². The Morgan fingerprint density at radius 3 is 2.47 bits per heavy atom. The van der Waals surface area contributed by atoms with Crippen molar-refractivity contribution in [2.75, 3.05) is 30.3 Å². The van der Waals surface area contributed by atoms with Crippen molar-refractivity contribution in [2.24, 2.45) is 0 Å². The summed E-state index contributed by atoms with van der Waals surface area (Å²) in [5.41, 5.74) is 0. The van der Waals surface area contributed by atoms with Crippen molar-refractivity contribution in [1.29, 1.82) is 0 Å². The van der Waals surface area contributed by atoms with Gasteiger partial charge in [0, 0.05) is 13.1 Å². The van der Waals surface area contributed by atoms with Crippen molar-refractivity contribution in [3.8, 4) is 0 Å². The first-order valence-corrected chi connectivity index (χ1v) is 6.23. The van der Waals surface area contributed by atoms with Crippen molar-refractivity contribution in [3.05, 3.63) is 10.8 Å². The first-order chi connectivity index (χ1) is 8.19. The lowest BCUT2D eigenvalue weighted by Crippen LogP contribution is -2.29. The molecular formula is C10H16BrN5O. The lowest BCUT2D eigenvalue weighted by atomic mass is 10.4. The second-order valence-corrected chi connectivity index (χ2v) is 4.02. The molecule has 1 aromatic heterocycles. The predicted molar refractivity (Wildman–Crippen MR) is 71.1 cm³/mol. The summed E-state index contributed by atoms with van der Waals surface area (Å²) in [5.74, 6) is 1.24. The van der Waals surface area contributed by atoms with Crippen LogP contribution in [-0.4, -0.2) is 35.5 Å². The Hall–Kier alpha value is -1.37. The largest absolute Gasteiger partial charge is 0.369 e. The molecule has 1 heterocycles. The Kier molecular flexibility index (Phi) is 5.68. The summed E-state index contributed by atoms with van der Waals surface area (Å²) in [6.45, 7) is 5.44. The molecule has 0 saturated heterocycles. The van der Waals surface area contributed by atoms with Gasteiger partial charge in [0.15, 0.2) is 0 Å². The second-order valence-electron chi connectivity index (χ2n) is 3.22. The van der Waals surface area contributed by atoms with Gasteiger partial charge in [0.1, 0.15) is 22.4 Å². The fraction of sp³-hybridized carbons (Fsp3) is 0.500. The van der Waals surface area contributed by atoms with Crippen LogP contribution < -0.4 is 16.0 Å². The molecular weight excluding hydrogens is 286 g/mol. The molecule has 0 radical (unpaired) electrons. The Morgan fingerprint density at radius 1 is 1.24 bits per heavy atom. The summed E-state index contributed by atoms with van der Waals surface area (Å²) < 4.78 is 0.728. The Labute approximate surface area is 109 Å². The zero-order valence-corrected chi connectivity index (χ0v) is 11.5. The summed E-state index contributed by atoms with van der Waals surface area (Å²) >= 11 is 3.39. The fourth-order valence-corrected chi connectivity index (χ4v) is 1.69. The highest BCUT2D eigenvalue weighted by molar-refractivity contribution is 9.10. The van der Waals surface area contributed by atoms with E-state index in [0.717, 1.165) is 11.0 Å². The number of hydrogen-bond donors (Lipinski definition) is 3. The number of amides is 1. The number of hydrogen-bond acceptors (Lipinski definition) is 5. The monoisotopic (exact) mass is 301 g/mol. The molecule has 1 rings (SSSR count). The van der Waals surface area contributed by atoms with Crippen LogP contribution in [0.4, 0.5) is 11.6 Å². The molecule has 0 aliphatic heterocycles. The van der Waals surface area contributed by atoms with Gasteiger partial charge in [-0.25, -0.2) is 9.97 Å². The highest BCUT2D eigenvalue weighted by Gasteiger charge is 2.08. The molecule has 1 aromatic rings. The fourth-order valence-electron chi connectivity index (χ4n) is 1.21. The third-order valence-corrected chi connectivity index (χ3v) is 2.68. The third kappa shape index (κ3) is 4.18. The number of anilines is 2. The molecule has 0 aromatic carbocycles. The molecule has 0 saturated carbocycles. The van der Waals surface area contributed by atoms with Gasteiger partial charge in [0.05, 0.1) is 6.54 Å². The van der Waals surface area contributed by atoms with Gasteiger partial charge in [0.25, 0.3) is 0 Å². The minimum Gasteiger partial charge on any atom is -0.369 e. The van der Waals surface area contributed by atoms with E-state index >= 15 is 0 Å². The molecule has 0 bridgehead atoms. The molecule has 0 spiro atoms. The molecule has 3 N–H and O–H groups in total. The summed E-state index contributed by atoms with van der Waals surface area (Å²) in [5, 5.41) is 8.74. The Morgan fingerprint density at radius 2 is 1.88 bits per heavy atom. The molecule has 0 aliphatic carbocycles. The molecule has 1 amide bonds. The van der Waals surface area contributed by atoms with Crippen molar-refractivity contribution in [2.45, 2.75) is 13.8 Å². The molecule has 0 fully saturated rings. The van der Waals surface area contributed by atoms with E-state index in [1.54, 1.807) is 0 Å². The molecule has 0 unspecified atom stereocenters. The van der Waals surface area contributed by atoms with Crippen LogP contribution in [0.3, 0.4) is 0 Å². The zero-order valence-electron chi connectivity index (χ0n) is 9.88. The van der Waals surface area contributed by atoms with Crippen LogP contribution in [0.5, 0.6) is 0 Å². The standard InChI is InChI=1S/C10H16BrN5O/c1-3-12-7(17)5-14-10-8(11)9(13-4-2)15-6-16-10/h6H,3-5H2,1-2H3,(H,12,17)(H2,13,14,15,16). The maximum Gasteiger partial charge on any atom is 0.239 e. The predicted octanol–water partition coefficient (Wildman–Crippen LogP) is 1.22. The quantitative estimate of drug-likeness (QED) is 0.736. The van der Waals surface area contributed by atoms with E-state index < -0.39 is 0 Å². The summed E-state index contributed by atoms with van der Waals surface area (Å²) in [7, 11) is 0. The number of rotatable bonds is 6. The number of likely N-dealkylation sites (N-methyl/N-ethyl adjacent to an activating group) is 1. The van der Waals surface area contributed by atoms with E-state index in [1.807, 2.05) is 13.8 Å². The van der Waals surface area contributed by atoms with Crippen molar-refractivity contribution >= 4 is 33.5 Å². The number of nitrogens with zero attached hydrogens (tertiary/aromatic N) is 2. The highest BCUT2D eigenvalue weighted by atomic mass is 79.9. The molecule has 7 heteroatoms. The van der Waals surface area contributed by atoms with Crippen LogP contribution in [0.25, 0.3) is 0 Å². The van der Waals surface area contributed by atoms with E-state index in [4.69, 9.17) is 0 Å². The number of halogens is 1. The lowest BCUT2D eigenvalue weighted by molar-refractivity contribution is -0.119. The van der Waals surface area contributed by atoms with Crippen molar-refractivity contribution in [3.63, 3.8) is 0 Å². The molecule has 94 valence electrons. The van der Waals surface area contributed by atoms with E-state index in [0.29, 0.717) is 18.2 Å². The van der Waals surface area contributed by atoms with Crippen LogP contribution in [0.2, 0.25) is 0 Å². The molecule has 17 heavy (non-hydrogen) atoms. The van der Waals surface area contributed by atoms with Gasteiger partial charge in [-0.05, 0) is 29.8 Å². The zero-order chi connectivity index (χ0) is 12.7. The van der Waals surface area contributed by atoms with Gasteiger partial charge in [0.2, 0.25) is 5.91 Å². The minimum absolute atomic E-state index is 0.0667. The molecule has 0 atom stereocenters. The van der Waals surface area contributed by atoms with Crippen molar-refractivity contribution in [1.82, 2.24) is 15.3 Å². The van der Waals surface area contributed by atoms with Crippen molar-refractivity contribution < 1.29 is 4.79 Å². The Balaban J connectivity index is 2.64. The lowest BCUT2D eigenvalue weighted by Gasteiger charge is -2.10. The smallest absolute Gasteiger partial charge is 0.239 e. The van der Waals surface area contributed by atoms with Crippen LogP contribution >= 0.6 is 15.9 Å². The van der Waals surface area contributed by atoms with E-state index in [9.17, 15) is 4.79 Å². The normalized spacial score (nSPS) is 9.82. The van der Waals surface area contributed by atoms with Gasteiger partial charge in [-0.2, -0.15) is 0 Å². The molecule has 0 aliphatic rings. The first kappa shape index (κ1) is 13.7. The Bertz CT molecular complexity index is 385. The number of aromatic nitrogens is 2. The van der Waals surface area contributed by atoms with Crippen LogP contribution in [0.15, 0.2) is 10.8 Å². The van der Waals surface area contributed by atoms with Gasteiger partial charge < -0.3 is 16.0 Å². The van der Waals surface area contributed by atoms with Gasteiger partial charge in [-0.1, -0.05) is 0 Å². The van der Waals surface area contributed by atoms with Gasteiger partial charge in [-0.15, -0.1) is 0 Å². The minimum atomic E-state index is -0.0667. The van der Waals surface area contributed by atoms with Crippen LogP contribution in [0.1, 0.15) is 13.8 Å². The van der Waals surface area contributed by atoms with Crippen LogP contribution in [-0.2, 0) is 4.79 Å². The van der Waals surface area contributed by atoms with E-state index in [2.05, 4.69) is 41.8 Å². The van der Waals surface area contributed by atoms with E-state index in [1.165, 1.54) is 6.33 Å². The second kappa shape index (κ2) is 7.05. The molecule has 6 nitrogen and oxygen atoms in total. The van der Waals surface area contributed by atoms with E-state index in [-0.39, 0.29) is 12.5 Å².